The molecular formula is C17H17N5O. The lowest BCUT2D eigenvalue weighted by molar-refractivity contribution is 0.102. The van der Waals surface area contributed by atoms with E-state index in [1.165, 1.54) is 0 Å². The molecule has 1 atom stereocenters. The van der Waals surface area contributed by atoms with Crippen molar-refractivity contribution in [3.8, 4) is 11.4 Å². The zero-order valence-electron chi connectivity index (χ0n) is 13.0. The van der Waals surface area contributed by atoms with Gasteiger partial charge in [0.05, 0.1) is 11.1 Å². The number of carbonyl (C=O) groups excluding carboxylic acids is 1. The summed E-state index contributed by atoms with van der Waals surface area (Å²) in [4.78, 5) is 24.6. The number of nitrogens with one attached hydrogen (secondary N) is 2. The molecule has 0 spiro atoms. The summed E-state index contributed by atoms with van der Waals surface area (Å²) in [6.45, 7) is 4.04. The van der Waals surface area contributed by atoms with Crippen LogP contribution in [0.3, 0.4) is 0 Å². The number of aryl methyl sites for hydroxylation is 1. The highest BCUT2D eigenvalue weighted by molar-refractivity contribution is 6.08. The van der Waals surface area contributed by atoms with E-state index in [4.69, 9.17) is 0 Å². The molecule has 0 fully saturated rings. The van der Waals surface area contributed by atoms with Crippen molar-refractivity contribution < 1.29 is 4.79 Å². The Hall–Kier alpha value is -2.89. The molecule has 23 heavy (non-hydrogen) atoms. The second kappa shape index (κ2) is 5.08. The molecule has 1 amide bonds. The van der Waals surface area contributed by atoms with Gasteiger partial charge in [0.1, 0.15) is 11.6 Å². The minimum atomic E-state index is -0.176. The van der Waals surface area contributed by atoms with Gasteiger partial charge in [-0.1, -0.05) is 6.07 Å². The van der Waals surface area contributed by atoms with Gasteiger partial charge in [0.2, 0.25) is 0 Å². The van der Waals surface area contributed by atoms with Crippen LogP contribution < -0.4 is 5.32 Å². The molecule has 4 heterocycles. The van der Waals surface area contributed by atoms with Crippen LogP contribution >= 0.6 is 0 Å². The van der Waals surface area contributed by atoms with Gasteiger partial charge in [0, 0.05) is 42.4 Å². The van der Waals surface area contributed by atoms with Crippen LogP contribution in [0.1, 0.15) is 34.7 Å². The van der Waals surface area contributed by atoms with Crippen molar-refractivity contribution >= 4 is 11.7 Å². The number of pyridine rings is 1. The van der Waals surface area contributed by atoms with Gasteiger partial charge in [-0.3, -0.25) is 4.79 Å². The van der Waals surface area contributed by atoms with E-state index in [1.54, 1.807) is 18.5 Å². The van der Waals surface area contributed by atoms with Crippen LogP contribution in [-0.4, -0.2) is 25.4 Å². The standard InChI is InChI=1S/C17H17N5O/c1-10-4-3-5-14(20-10)21-17(23)12-9-19-13-8-11(2)22-7-6-18-16(22)15(12)13/h3-7,9,11,19H,8H2,1-2H3,(H,20,21,23)/t11-/m1/s1. The Morgan fingerprint density at radius 2 is 2.30 bits per heavy atom. The van der Waals surface area contributed by atoms with E-state index in [0.717, 1.165) is 29.2 Å². The van der Waals surface area contributed by atoms with Crippen molar-refractivity contribution in [1.82, 2.24) is 19.5 Å². The van der Waals surface area contributed by atoms with E-state index in [2.05, 4.69) is 31.8 Å². The summed E-state index contributed by atoms with van der Waals surface area (Å²) in [7, 11) is 0. The monoisotopic (exact) mass is 307 g/mol. The van der Waals surface area contributed by atoms with Crippen LogP contribution in [0.2, 0.25) is 0 Å². The van der Waals surface area contributed by atoms with Gasteiger partial charge in [-0.05, 0) is 26.0 Å². The Morgan fingerprint density at radius 1 is 1.43 bits per heavy atom. The molecule has 1 aliphatic heterocycles. The first-order valence-corrected chi connectivity index (χ1v) is 7.62. The number of hydrogen-bond donors (Lipinski definition) is 2. The van der Waals surface area contributed by atoms with Crippen LogP contribution in [0.5, 0.6) is 0 Å². The molecule has 0 aromatic carbocycles. The summed E-state index contributed by atoms with van der Waals surface area (Å²) in [5, 5.41) is 2.86. The van der Waals surface area contributed by atoms with Gasteiger partial charge < -0.3 is 14.9 Å². The topological polar surface area (TPSA) is 75.6 Å². The molecule has 0 bridgehead atoms. The minimum Gasteiger partial charge on any atom is -0.364 e. The van der Waals surface area contributed by atoms with Crippen molar-refractivity contribution in [3.05, 3.63) is 53.7 Å². The maximum Gasteiger partial charge on any atom is 0.259 e. The summed E-state index contributed by atoms with van der Waals surface area (Å²) >= 11 is 0. The molecule has 116 valence electrons. The summed E-state index contributed by atoms with van der Waals surface area (Å²) in [6.07, 6.45) is 6.35. The average Bonchev–Trinajstić information content (AvgIpc) is 3.13. The highest BCUT2D eigenvalue weighted by Crippen LogP contribution is 2.35. The number of nitrogens with zero attached hydrogens (tertiary/aromatic N) is 3. The van der Waals surface area contributed by atoms with Crippen LogP contribution in [0.15, 0.2) is 36.8 Å². The van der Waals surface area contributed by atoms with Crippen LogP contribution in [0.25, 0.3) is 11.4 Å². The fourth-order valence-electron chi connectivity index (χ4n) is 3.11. The lowest BCUT2D eigenvalue weighted by Gasteiger charge is -2.22. The van der Waals surface area contributed by atoms with Crippen molar-refractivity contribution in [3.63, 3.8) is 0 Å². The zero-order chi connectivity index (χ0) is 16.0. The number of hydrogen-bond acceptors (Lipinski definition) is 3. The van der Waals surface area contributed by atoms with Crippen molar-refractivity contribution in [1.29, 1.82) is 0 Å². The lowest BCUT2D eigenvalue weighted by Crippen LogP contribution is -2.18. The average molecular weight is 307 g/mol. The largest absolute Gasteiger partial charge is 0.364 e. The Morgan fingerprint density at radius 3 is 3.13 bits per heavy atom. The summed E-state index contributed by atoms with van der Waals surface area (Å²) in [5.74, 6) is 1.21. The number of aromatic amines is 1. The molecule has 1 aliphatic rings. The minimum absolute atomic E-state index is 0.176. The molecule has 6 heteroatoms. The molecular weight excluding hydrogens is 290 g/mol. The van der Waals surface area contributed by atoms with Crippen LogP contribution in [0, 0.1) is 6.92 Å². The number of aromatic nitrogens is 4. The number of rotatable bonds is 2. The molecule has 3 aromatic rings. The third-order valence-electron chi connectivity index (χ3n) is 4.20. The maximum absolute atomic E-state index is 12.7. The van der Waals surface area contributed by atoms with E-state index in [9.17, 15) is 4.79 Å². The summed E-state index contributed by atoms with van der Waals surface area (Å²) in [6, 6.07) is 5.88. The first-order chi connectivity index (χ1) is 11.1. The molecule has 0 saturated heterocycles. The molecule has 0 saturated carbocycles. The summed E-state index contributed by atoms with van der Waals surface area (Å²) in [5.41, 5.74) is 3.41. The van der Waals surface area contributed by atoms with Crippen molar-refractivity contribution in [2.45, 2.75) is 26.3 Å². The van der Waals surface area contributed by atoms with E-state index in [-0.39, 0.29) is 5.91 Å². The van der Waals surface area contributed by atoms with E-state index in [1.807, 2.05) is 25.3 Å². The maximum atomic E-state index is 12.7. The smallest absolute Gasteiger partial charge is 0.259 e. The summed E-state index contributed by atoms with van der Waals surface area (Å²) < 4.78 is 2.11. The van der Waals surface area contributed by atoms with Gasteiger partial charge in [0.15, 0.2) is 0 Å². The van der Waals surface area contributed by atoms with E-state index < -0.39 is 0 Å². The number of amides is 1. The predicted octanol–water partition coefficient (Wildman–Crippen LogP) is 2.95. The van der Waals surface area contributed by atoms with Gasteiger partial charge >= 0.3 is 0 Å². The fraction of sp³-hybridized carbons (Fsp3) is 0.235. The van der Waals surface area contributed by atoms with Gasteiger partial charge in [0.25, 0.3) is 5.91 Å². The molecule has 6 nitrogen and oxygen atoms in total. The first-order valence-electron chi connectivity index (χ1n) is 7.62. The van der Waals surface area contributed by atoms with Gasteiger partial charge in [-0.25, -0.2) is 9.97 Å². The predicted molar refractivity (Wildman–Crippen MR) is 87.4 cm³/mol. The number of H-pyrrole nitrogens is 1. The quantitative estimate of drug-likeness (QED) is 0.764. The fourth-order valence-corrected chi connectivity index (χ4v) is 3.11. The molecule has 2 N–H and O–H groups in total. The highest BCUT2D eigenvalue weighted by atomic mass is 16.1. The third kappa shape index (κ3) is 2.23. The molecule has 0 unspecified atom stereocenters. The first kappa shape index (κ1) is 13.8. The number of imidazole rings is 1. The Bertz CT molecular complexity index is 892. The number of fused-ring (bicyclic) bond motifs is 3. The molecule has 0 radical (unpaired) electrons. The Balaban J connectivity index is 1.71. The van der Waals surface area contributed by atoms with E-state index >= 15 is 0 Å². The van der Waals surface area contributed by atoms with Crippen molar-refractivity contribution in [2.75, 3.05) is 5.32 Å². The lowest BCUT2D eigenvalue weighted by atomic mass is 10.0. The number of anilines is 1. The molecule has 3 aromatic heterocycles. The highest BCUT2D eigenvalue weighted by Gasteiger charge is 2.28. The molecule has 0 aliphatic carbocycles. The molecule has 4 rings (SSSR count). The third-order valence-corrected chi connectivity index (χ3v) is 4.20. The van der Waals surface area contributed by atoms with Gasteiger partial charge in [-0.2, -0.15) is 0 Å². The Kier molecular flexibility index (Phi) is 3.04. The second-order valence-corrected chi connectivity index (χ2v) is 5.89. The Labute approximate surface area is 133 Å². The normalized spacial score (nSPS) is 15.8. The number of carbonyl (C=O) groups is 1. The zero-order valence-corrected chi connectivity index (χ0v) is 13.0. The van der Waals surface area contributed by atoms with Crippen molar-refractivity contribution in [2.24, 2.45) is 0 Å². The van der Waals surface area contributed by atoms with E-state index in [0.29, 0.717) is 17.4 Å². The second-order valence-electron chi connectivity index (χ2n) is 5.89. The van der Waals surface area contributed by atoms with Crippen LogP contribution in [-0.2, 0) is 6.42 Å². The van der Waals surface area contributed by atoms with Crippen LogP contribution in [0.4, 0.5) is 5.82 Å². The SMILES string of the molecule is Cc1cccc(NC(=O)c2c[nH]c3c2-c2nccn2[C@H](C)C3)n1. The van der Waals surface area contributed by atoms with Gasteiger partial charge in [-0.15, -0.1) is 0 Å².